The number of carbonyl (C=O) groups excluding carboxylic acids is 2. The summed E-state index contributed by atoms with van der Waals surface area (Å²) < 4.78 is 33.6. The molecule has 0 saturated carbocycles. The minimum Gasteiger partial charge on any atom is -0.454 e. The zero-order valence-electron chi connectivity index (χ0n) is 16.9. The van der Waals surface area contributed by atoms with Crippen LogP contribution in [0.2, 0.25) is 0 Å². The van der Waals surface area contributed by atoms with Crippen LogP contribution in [-0.4, -0.2) is 35.9 Å². The van der Waals surface area contributed by atoms with Gasteiger partial charge in [0.1, 0.15) is 15.6 Å². The third-order valence-corrected chi connectivity index (χ3v) is 7.23. The van der Waals surface area contributed by atoms with Crippen molar-refractivity contribution in [1.29, 1.82) is 0 Å². The van der Waals surface area contributed by atoms with Gasteiger partial charge in [0, 0.05) is 19.8 Å². The first-order chi connectivity index (χ1) is 15.0. The number of nitrogens with zero attached hydrogens (tertiary/aromatic N) is 2. The second-order valence-corrected chi connectivity index (χ2v) is 9.44. The summed E-state index contributed by atoms with van der Waals surface area (Å²) in [6.45, 7) is -0.775. The number of nitrogens with two attached hydrogens (primary N) is 1. The molecule has 0 amide bonds. The summed E-state index contributed by atoms with van der Waals surface area (Å²) in [6.07, 6.45) is 0. The van der Waals surface area contributed by atoms with Crippen molar-refractivity contribution in [3.63, 3.8) is 0 Å². The Balaban J connectivity index is 1.69. The molecule has 0 atom stereocenters. The summed E-state index contributed by atoms with van der Waals surface area (Å²) in [5, 5.41) is 1.63. The minimum absolute atomic E-state index is 0.0539. The van der Waals surface area contributed by atoms with Gasteiger partial charge in [0.2, 0.25) is 5.78 Å². The largest absolute Gasteiger partial charge is 0.454 e. The van der Waals surface area contributed by atoms with Crippen molar-refractivity contribution in [2.75, 3.05) is 17.1 Å². The van der Waals surface area contributed by atoms with Crippen LogP contribution in [0.5, 0.6) is 0 Å². The van der Waals surface area contributed by atoms with Crippen LogP contribution in [0.3, 0.4) is 0 Å². The molecule has 0 bridgehead atoms. The van der Waals surface area contributed by atoms with E-state index in [4.69, 9.17) is 10.5 Å². The summed E-state index contributed by atoms with van der Waals surface area (Å²) in [4.78, 5) is 48.7. The molecular formula is C19H18N4O7S2. The van der Waals surface area contributed by atoms with Gasteiger partial charge in [0.05, 0.1) is 5.56 Å². The Hall–Kier alpha value is -3.71. The van der Waals surface area contributed by atoms with E-state index in [1.165, 1.54) is 44.4 Å². The van der Waals surface area contributed by atoms with Crippen molar-refractivity contribution >= 4 is 44.6 Å². The number of nitrogen functional groups attached to an aromatic ring is 1. The third-order valence-electron chi connectivity index (χ3n) is 4.46. The lowest BCUT2D eigenvalue weighted by Crippen LogP contribution is -2.42. The maximum absolute atomic E-state index is 12.4. The highest BCUT2D eigenvalue weighted by atomic mass is 32.2. The predicted octanol–water partition coefficient (Wildman–Crippen LogP) is 0.568. The lowest BCUT2D eigenvalue weighted by Gasteiger charge is -2.11. The molecule has 0 aliphatic heterocycles. The van der Waals surface area contributed by atoms with Gasteiger partial charge in [-0.05, 0) is 35.7 Å². The van der Waals surface area contributed by atoms with Crippen molar-refractivity contribution < 1.29 is 22.7 Å². The van der Waals surface area contributed by atoms with Gasteiger partial charge in [-0.3, -0.25) is 23.4 Å². The number of thiophene rings is 1. The summed E-state index contributed by atoms with van der Waals surface area (Å²) in [7, 11) is -1.24. The Labute approximate surface area is 185 Å². The first-order valence-corrected chi connectivity index (χ1v) is 11.3. The van der Waals surface area contributed by atoms with Gasteiger partial charge in [-0.25, -0.2) is 18.0 Å². The van der Waals surface area contributed by atoms with Crippen LogP contribution in [0, 0.1) is 0 Å². The quantitative estimate of drug-likeness (QED) is 0.368. The van der Waals surface area contributed by atoms with Crippen molar-refractivity contribution in [1.82, 2.24) is 9.13 Å². The lowest BCUT2D eigenvalue weighted by atomic mass is 10.2. The Morgan fingerprint density at radius 1 is 1.09 bits per heavy atom. The molecule has 0 radical (unpaired) electrons. The topological polar surface area (TPSA) is 160 Å². The van der Waals surface area contributed by atoms with Crippen molar-refractivity contribution in [3.05, 3.63) is 73.7 Å². The normalized spacial score (nSPS) is 11.2. The second-order valence-electron chi connectivity index (χ2n) is 6.58. The van der Waals surface area contributed by atoms with E-state index < -0.39 is 45.2 Å². The fourth-order valence-corrected chi connectivity index (χ4v) is 4.76. The molecule has 0 aliphatic rings. The van der Waals surface area contributed by atoms with Crippen LogP contribution in [0.4, 0.5) is 11.5 Å². The summed E-state index contributed by atoms with van der Waals surface area (Å²) in [6, 6.07) is 8.44. The molecule has 32 heavy (non-hydrogen) atoms. The van der Waals surface area contributed by atoms with E-state index in [-0.39, 0.29) is 21.3 Å². The first-order valence-electron chi connectivity index (χ1n) is 8.95. The van der Waals surface area contributed by atoms with Gasteiger partial charge < -0.3 is 10.5 Å². The van der Waals surface area contributed by atoms with Gasteiger partial charge in [-0.2, -0.15) is 0 Å². The Morgan fingerprint density at radius 2 is 1.75 bits per heavy atom. The van der Waals surface area contributed by atoms with Gasteiger partial charge in [-0.15, -0.1) is 11.3 Å². The number of carbonyl (C=O) groups is 2. The van der Waals surface area contributed by atoms with Crippen molar-refractivity contribution in [2.24, 2.45) is 14.1 Å². The molecule has 0 aliphatic carbocycles. The van der Waals surface area contributed by atoms with Crippen LogP contribution < -0.4 is 21.7 Å². The molecule has 1 aromatic carbocycles. The molecule has 2 aromatic heterocycles. The molecule has 3 aromatic rings. The molecule has 13 heteroatoms. The van der Waals surface area contributed by atoms with E-state index in [2.05, 4.69) is 4.72 Å². The number of Topliss-reactive ketones (excluding diaryl/α,β-unsaturated/α-hetero) is 1. The smallest absolute Gasteiger partial charge is 0.338 e. The Bertz CT molecular complexity index is 1400. The van der Waals surface area contributed by atoms with Crippen molar-refractivity contribution in [2.45, 2.75) is 4.21 Å². The maximum Gasteiger partial charge on any atom is 0.338 e. The number of nitrogens with one attached hydrogen (secondary N) is 1. The van der Waals surface area contributed by atoms with E-state index in [1.54, 1.807) is 11.4 Å². The number of hydrogen-bond donors (Lipinski definition) is 2. The van der Waals surface area contributed by atoms with E-state index in [0.29, 0.717) is 0 Å². The van der Waals surface area contributed by atoms with Crippen molar-refractivity contribution in [3.8, 4) is 0 Å². The fraction of sp³-hybridized carbons (Fsp3) is 0.158. The van der Waals surface area contributed by atoms with Crippen LogP contribution in [-0.2, 0) is 28.9 Å². The highest BCUT2D eigenvalue weighted by molar-refractivity contribution is 7.94. The Kier molecular flexibility index (Phi) is 6.32. The number of hydrogen-bond acceptors (Lipinski definition) is 9. The zero-order chi connectivity index (χ0) is 23.6. The highest BCUT2D eigenvalue weighted by Crippen LogP contribution is 2.20. The van der Waals surface area contributed by atoms with E-state index in [0.717, 1.165) is 20.5 Å². The van der Waals surface area contributed by atoms with Gasteiger partial charge >= 0.3 is 11.7 Å². The SMILES string of the molecule is Cn1c(N)c(C(=O)COC(=O)c2ccc(NS(=O)(=O)c3cccs3)cc2)c(=O)n(C)c1=O. The van der Waals surface area contributed by atoms with E-state index in [9.17, 15) is 27.6 Å². The van der Waals surface area contributed by atoms with E-state index in [1.807, 2.05) is 0 Å². The number of rotatable bonds is 7. The number of benzene rings is 1. The maximum atomic E-state index is 12.4. The van der Waals surface area contributed by atoms with E-state index >= 15 is 0 Å². The molecule has 0 fully saturated rings. The third kappa shape index (κ3) is 4.48. The average molecular weight is 479 g/mol. The van der Waals surface area contributed by atoms with Gasteiger partial charge in [0.25, 0.3) is 15.6 Å². The minimum atomic E-state index is -3.73. The summed E-state index contributed by atoms with van der Waals surface area (Å²) in [5.74, 6) is -2.07. The number of anilines is 2. The first kappa shape index (κ1) is 23.0. The van der Waals surface area contributed by atoms with Crippen LogP contribution in [0.25, 0.3) is 0 Å². The molecule has 3 rings (SSSR count). The zero-order valence-corrected chi connectivity index (χ0v) is 18.5. The molecule has 0 saturated heterocycles. The molecule has 3 N–H and O–H groups in total. The highest BCUT2D eigenvalue weighted by Gasteiger charge is 2.22. The molecule has 168 valence electrons. The molecular weight excluding hydrogens is 460 g/mol. The standard InChI is InChI=1S/C19H18N4O7S2/c1-22-16(20)15(17(25)23(2)19(22)27)13(24)10-30-18(26)11-5-7-12(8-6-11)21-32(28,29)14-4-3-9-31-14/h3-9,21H,10,20H2,1-2H3. The van der Waals surface area contributed by atoms with Crippen LogP contribution in [0.15, 0.2) is 55.6 Å². The summed E-state index contributed by atoms with van der Waals surface area (Å²) >= 11 is 1.06. The number of ether oxygens (including phenoxy) is 1. The van der Waals surface area contributed by atoms with Gasteiger partial charge in [-0.1, -0.05) is 6.07 Å². The lowest BCUT2D eigenvalue weighted by molar-refractivity contribution is 0.0474. The fourth-order valence-electron chi connectivity index (χ4n) is 2.70. The monoisotopic (exact) mass is 478 g/mol. The summed E-state index contributed by atoms with van der Waals surface area (Å²) in [5.41, 5.74) is 3.94. The number of aromatic nitrogens is 2. The average Bonchev–Trinajstić information content (AvgIpc) is 3.31. The number of esters is 1. The van der Waals surface area contributed by atoms with Crippen LogP contribution >= 0.6 is 11.3 Å². The Morgan fingerprint density at radius 3 is 2.34 bits per heavy atom. The van der Waals surface area contributed by atoms with Gasteiger partial charge in [0.15, 0.2) is 6.61 Å². The molecule has 2 heterocycles. The molecule has 11 nitrogen and oxygen atoms in total. The molecule has 0 spiro atoms. The number of sulfonamides is 1. The molecule has 0 unspecified atom stereocenters. The number of ketones is 1. The van der Waals surface area contributed by atoms with Crippen LogP contribution in [0.1, 0.15) is 20.7 Å². The second kappa shape index (κ2) is 8.80. The predicted molar refractivity (Wildman–Crippen MR) is 118 cm³/mol.